The van der Waals surface area contributed by atoms with Crippen molar-refractivity contribution in [1.29, 1.82) is 0 Å². The third kappa shape index (κ3) is 59.3. The van der Waals surface area contributed by atoms with Crippen LogP contribution in [-0.2, 0) is 38.4 Å². The fraction of sp³-hybridized carbons (Fsp3) is 0.939. The number of carbonyl (C=O) groups excluding carboxylic acids is 4. The van der Waals surface area contributed by atoms with Crippen molar-refractivity contribution in [2.24, 2.45) is 5.92 Å². The van der Waals surface area contributed by atoms with Crippen molar-refractivity contribution >= 4 is 23.9 Å². The van der Waals surface area contributed by atoms with Crippen molar-refractivity contribution < 1.29 is 43.5 Å². The van der Waals surface area contributed by atoms with Gasteiger partial charge < -0.3 is 14.6 Å². The lowest BCUT2D eigenvalue weighted by Crippen LogP contribution is -2.19. The number of rotatable bonds is 62. The fourth-order valence-corrected chi connectivity index (χ4v) is 10.4. The van der Waals surface area contributed by atoms with Gasteiger partial charge in [0.15, 0.2) is 0 Å². The van der Waals surface area contributed by atoms with Crippen molar-refractivity contribution in [3.05, 3.63) is 0 Å². The van der Waals surface area contributed by atoms with Gasteiger partial charge in [-0.15, -0.1) is 0 Å². The topological polar surface area (TPSA) is 125 Å². The summed E-state index contributed by atoms with van der Waals surface area (Å²) in [5.41, 5.74) is 0. The Hall–Kier alpha value is -2.16. The van der Waals surface area contributed by atoms with E-state index in [0.29, 0.717) is 45.5 Å². The fourth-order valence-electron chi connectivity index (χ4n) is 10.4. The van der Waals surface area contributed by atoms with Gasteiger partial charge in [-0.2, -0.15) is 0 Å². The van der Waals surface area contributed by atoms with E-state index in [2.05, 4.69) is 6.92 Å². The molecular weight excluding hydrogens is 937 g/mol. The molecule has 0 heterocycles. The lowest BCUT2D eigenvalue weighted by molar-refractivity contribution is -0.262. The Morgan fingerprint density at radius 2 is 0.547 bits per heavy atom. The van der Waals surface area contributed by atoms with E-state index < -0.39 is 11.9 Å². The average Bonchev–Trinajstić information content (AvgIpc) is 3.41. The van der Waals surface area contributed by atoms with Crippen LogP contribution in [0.2, 0.25) is 0 Å². The number of ether oxygens (including phenoxy) is 2. The third-order valence-electron chi connectivity index (χ3n) is 15.6. The summed E-state index contributed by atoms with van der Waals surface area (Å²) in [4.78, 5) is 58.6. The molecule has 0 saturated heterocycles. The van der Waals surface area contributed by atoms with Gasteiger partial charge in [-0.1, -0.05) is 303 Å². The average molecular weight is 1060 g/mol. The van der Waals surface area contributed by atoms with Crippen LogP contribution in [0.5, 0.6) is 0 Å². The van der Waals surface area contributed by atoms with Gasteiger partial charge in [-0.25, -0.2) is 19.4 Å². The van der Waals surface area contributed by atoms with Crippen LogP contribution in [0, 0.1) is 5.92 Å². The number of unbranched alkanes of at least 4 members (excludes halogenated alkanes) is 47. The molecule has 444 valence electrons. The Kier molecular flexibility index (Phi) is 60.9. The zero-order valence-corrected chi connectivity index (χ0v) is 50.0. The summed E-state index contributed by atoms with van der Waals surface area (Å²) in [6, 6.07) is 0. The Morgan fingerprint density at radius 3 is 0.840 bits per heavy atom. The molecule has 1 atom stereocenters. The second kappa shape index (κ2) is 62.7. The first-order valence-electron chi connectivity index (χ1n) is 33.3. The molecule has 0 aromatic heterocycles. The van der Waals surface area contributed by atoms with E-state index in [9.17, 15) is 19.2 Å². The highest BCUT2D eigenvalue weighted by Crippen LogP contribution is 2.20. The van der Waals surface area contributed by atoms with Crippen LogP contribution in [0.4, 0.5) is 0 Å². The number of hydrogen-bond acceptors (Lipinski definition) is 9. The summed E-state index contributed by atoms with van der Waals surface area (Å²) in [6.07, 6.45) is 65.4. The molecule has 0 radical (unpaired) electrons. The van der Waals surface area contributed by atoms with Crippen LogP contribution >= 0.6 is 0 Å². The van der Waals surface area contributed by atoms with Crippen molar-refractivity contribution in [2.75, 3.05) is 19.8 Å². The van der Waals surface area contributed by atoms with Gasteiger partial charge in [0.2, 0.25) is 0 Å². The van der Waals surface area contributed by atoms with Crippen LogP contribution < -0.4 is 0 Å². The van der Waals surface area contributed by atoms with Crippen molar-refractivity contribution in [3.63, 3.8) is 0 Å². The quantitative estimate of drug-likeness (QED) is 0.0274. The monoisotopic (exact) mass is 1060 g/mol. The second-order valence-corrected chi connectivity index (χ2v) is 22.8. The van der Waals surface area contributed by atoms with Gasteiger partial charge in [-0.05, 0) is 51.4 Å². The highest BCUT2D eigenvalue weighted by atomic mass is 17.2. The predicted molar refractivity (Wildman–Crippen MR) is 315 cm³/mol. The minimum absolute atomic E-state index is 0.0000311. The molecule has 0 rings (SSSR count). The first-order chi connectivity index (χ1) is 36.9. The summed E-state index contributed by atoms with van der Waals surface area (Å²) in [5, 5.41) is 8.84. The molecule has 0 aliphatic carbocycles. The normalized spacial score (nSPS) is 11.8. The molecule has 0 spiro atoms. The molecule has 9 heteroatoms. The molecule has 0 aromatic rings. The minimum Gasteiger partial charge on any atom is -0.466 e. The zero-order valence-electron chi connectivity index (χ0n) is 50.0. The molecule has 0 bridgehead atoms. The van der Waals surface area contributed by atoms with Crippen LogP contribution in [0.1, 0.15) is 373 Å². The predicted octanol–water partition coefficient (Wildman–Crippen LogP) is 20.6. The highest BCUT2D eigenvalue weighted by molar-refractivity contribution is 5.74. The van der Waals surface area contributed by atoms with Crippen molar-refractivity contribution in [2.45, 2.75) is 373 Å². The molecule has 0 aliphatic rings. The summed E-state index contributed by atoms with van der Waals surface area (Å²) in [5.74, 6) is -1.08. The molecule has 0 amide bonds. The highest BCUT2D eigenvalue weighted by Gasteiger charge is 2.20. The van der Waals surface area contributed by atoms with E-state index in [-0.39, 0.29) is 17.9 Å². The first-order valence-corrected chi connectivity index (χ1v) is 33.3. The van der Waals surface area contributed by atoms with E-state index in [4.69, 9.17) is 24.4 Å². The molecule has 1 unspecified atom stereocenters. The second-order valence-electron chi connectivity index (χ2n) is 22.8. The van der Waals surface area contributed by atoms with Gasteiger partial charge in [0.25, 0.3) is 0 Å². The summed E-state index contributed by atoms with van der Waals surface area (Å²) >= 11 is 0. The molecule has 0 aromatic carbocycles. The maximum atomic E-state index is 12.5. The number of aliphatic hydroxyl groups excluding tert-OH is 1. The van der Waals surface area contributed by atoms with Gasteiger partial charge >= 0.3 is 23.9 Å². The summed E-state index contributed by atoms with van der Waals surface area (Å²) < 4.78 is 11.0. The third-order valence-corrected chi connectivity index (χ3v) is 15.6. The van der Waals surface area contributed by atoms with E-state index >= 15 is 0 Å². The molecule has 75 heavy (non-hydrogen) atoms. The lowest BCUT2D eigenvalue weighted by Gasteiger charge is -2.12. The number of aliphatic hydroxyl groups is 1. The van der Waals surface area contributed by atoms with Crippen molar-refractivity contribution in [1.82, 2.24) is 0 Å². The Morgan fingerprint density at radius 1 is 0.293 bits per heavy atom. The van der Waals surface area contributed by atoms with E-state index in [0.717, 1.165) is 103 Å². The largest absolute Gasteiger partial charge is 0.466 e. The number of hydrogen-bond donors (Lipinski definition) is 1. The molecular formula is C66H126O9. The molecule has 1 N–H and O–H groups in total. The smallest absolute Gasteiger partial charge is 0.358 e. The standard InChI is InChI=1S/C66H126O9/c1-3-5-6-7-8-9-10-13-21-28-35-42-49-56-63(68)72-60-53-46-39-32-25-18-11-14-22-29-36-43-50-57-64(69)73-61-54-47-40-33-26-19-12-15-23-30-37-44-51-58-65(70)74-75-66(71)62(4-2)55-48-41-34-27-20-16-17-24-31-38-45-52-59-67/h62,67H,3-61H2,1-2H3. The minimum atomic E-state index is -0.444. The molecule has 0 aliphatic heterocycles. The molecule has 0 fully saturated rings. The summed E-state index contributed by atoms with van der Waals surface area (Å²) in [6.45, 7) is 5.75. The van der Waals surface area contributed by atoms with Crippen LogP contribution in [0.25, 0.3) is 0 Å². The number of esters is 2. The van der Waals surface area contributed by atoms with Gasteiger partial charge in [-0.3, -0.25) is 9.59 Å². The SMILES string of the molecule is CCCCCCCCCCCCCCCC(=O)OCCCCCCCCCCCCCCCC(=O)OCCCCCCCCCCCCCCCC(=O)OOC(=O)C(CC)CCCCCCCCCCCCCCO. The van der Waals surface area contributed by atoms with Crippen LogP contribution in [0.15, 0.2) is 0 Å². The van der Waals surface area contributed by atoms with E-state index in [1.165, 1.54) is 231 Å². The lowest BCUT2D eigenvalue weighted by atomic mass is 9.98. The number of carbonyl (C=O) groups is 4. The first kappa shape index (κ1) is 72.8. The maximum absolute atomic E-state index is 12.5. The van der Waals surface area contributed by atoms with Crippen molar-refractivity contribution in [3.8, 4) is 0 Å². The Bertz CT molecular complexity index is 1190. The van der Waals surface area contributed by atoms with Crippen LogP contribution in [0.3, 0.4) is 0 Å². The molecule has 9 nitrogen and oxygen atoms in total. The van der Waals surface area contributed by atoms with Crippen LogP contribution in [-0.4, -0.2) is 48.8 Å². The van der Waals surface area contributed by atoms with Gasteiger partial charge in [0, 0.05) is 19.4 Å². The zero-order chi connectivity index (χ0) is 54.4. The Balaban J connectivity index is 3.37. The maximum Gasteiger partial charge on any atom is 0.358 e. The Labute approximate surface area is 464 Å². The van der Waals surface area contributed by atoms with Gasteiger partial charge in [0.1, 0.15) is 0 Å². The summed E-state index contributed by atoms with van der Waals surface area (Å²) in [7, 11) is 0. The van der Waals surface area contributed by atoms with E-state index in [1.807, 2.05) is 6.92 Å². The molecule has 0 saturated carbocycles. The van der Waals surface area contributed by atoms with E-state index in [1.54, 1.807) is 0 Å². The van der Waals surface area contributed by atoms with Gasteiger partial charge in [0.05, 0.1) is 25.6 Å².